The van der Waals surface area contributed by atoms with Crippen molar-refractivity contribution in [1.29, 1.82) is 0 Å². The number of nitrogens with two attached hydrogens (primary N) is 1. The average Bonchev–Trinajstić information content (AvgIpc) is 2.43. The van der Waals surface area contributed by atoms with E-state index in [4.69, 9.17) is 10.5 Å². The largest absolute Gasteiger partial charge is 0.490 e. The van der Waals surface area contributed by atoms with Crippen LogP contribution in [0.25, 0.3) is 0 Å². The maximum atomic E-state index is 12.9. The lowest BCUT2D eigenvalue weighted by Crippen LogP contribution is -2.17. The Kier molecular flexibility index (Phi) is 2.42. The van der Waals surface area contributed by atoms with Gasteiger partial charge >= 0.3 is 0 Å². The summed E-state index contributed by atoms with van der Waals surface area (Å²) < 4.78 is 18.5. The van der Waals surface area contributed by atoms with Crippen molar-refractivity contribution in [2.45, 2.75) is 25.4 Å². The molecule has 1 aliphatic rings. The Morgan fingerprint density at radius 2 is 2.29 bits per heavy atom. The van der Waals surface area contributed by atoms with E-state index >= 15 is 0 Å². The maximum absolute atomic E-state index is 12.9. The van der Waals surface area contributed by atoms with Crippen LogP contribution in [0.5, 0.6) is 5.75 Å². The van der Waals surface area contributed by atoms with Crippen molar-refractivity contribution in [3.8, 4) is 5.75 Å². The quantitative estimate of drug-likeness (QED) is 0.783. The summed E-state index contributed by atoms with van der Waals surface area (Å²) >= 11 is 0. The van der Waals surface area contributed by atoms with Crippen LogP contribution in [0.1, 0.15) is 24.8 Å². The molecule has 0 spiro atoms. The fourth-order valence-electron chi connectivity index (χ4n) is 2.02. The summed E-state index contributed by atoms with van der Waals surface area (Å²) in [4.78, 5) is 0. The zero-order valence-corrected chi connectivity index (χ0v) is 8.16. The van der Waals surface area contributed by atoms with E-state index in [9.17, 15) is 4.39 Å². The van der Waals surface area contributed by atoms with Gasteiger partial charge in [-0.25, -0.2) is 4.39 Å². The molecule has 0 aromatic heterocycles. The Hall–Kier alpha value is -1.09. The van der Waals surface area contributed by atoms with Crippen LogP contribution >= 0.6 is 0 Å². The first-order chi connectivity index (χ1) is 6.72. The van der Waals surface area contributed by atoms with Crippen molar-refractivity contribution < 1.29 is 9.13 Å². The molecule has 0 radical (unpaired) electrons. The predicted octanol–water partition coefficient (Wildman–Crippen LogP) is 2.04. The van der Waals surface area contributed by atoms with Gasteiger partial charge < -0.3 is 10.5 Å². The molecule has 0 amide bonds. The van der Waals surface area contributed by atoms with E-state index in [1.165, 1.54) is 12.1 Å². The molecule has 0 fully saturated rings. The second kappa shape index (κ2) is 3.58. The summed E-state index contributed by atoms with van der Waals surface area (Å²) in [6, 6.07) is 4.72. The van der Waals surface area contributed by atoms with E-state index in [1.807, 2.05) is 6.92 Å². The highest BCUT2D eigenvalue weighted by molar-refractivity contribution is 5.41. The number of ether oxygens (including phenoxy) is 1. The van der Waals surface area contributed by atoms with Gasteiger partial charge in [-0.15, -0.1) is 0 Å². The SMILES string of the molecule is CC1Oc2cc(F)ccc2C1CCN. The molecule has 1 aliphatic heterocycles. The van der Waals surface area contributed by atoms with Crippen LogP contribution in [-0.4, -0.2) is 12.6 Å². The Morgan fingerprint density at radius 3 is 3.00 bits per heavy atom. The van der Waals surface area contributed by atoms with Gasteiger partial charge in [-0.2, -0.15) is 0 Å². The van der Waals surface area contributed by atoms with Gasteiger partial charge in [-0.1, -0.05) is 6.07 Å². The fraction of sp³-hybridized carbons (Fsp3) is 0.455. The highest BCUT2D eigenvalue weighted by Crippen LogP contribution is 2.39. The molecule has 2 nitrogen and oxygen atoms in total. The number of hydrogen-bond donors (Lipinski definition) is 1. The van der Waals surface area contributed by atoms with Gasteiger partial charge in [-0.05, 0) is 26.0 Å². The molecule has 0 aliphatic carbocycles. The van der Waals surface area contributed by atoms with Crippen molar-refractivity contribution >= 4 is 0 Å². The van der Waals surface area contributed by atoms with E-state index in [1.54, 1.807) is 6.07 Å². The standard InChI is InChI=1S/C11H14FNO/c1-7-9(4-5-13)10-3-2-8(12)6-11(10)14-7/h2-3,6-7,9H,4-5,13H2,1H3. The lowest BCUT2D eigenvalue weighted by atomic mass is 9.93. The van der Waals surface area contributed by atoms with Crippen LogP contribution in [0.4, 0.5) is 4.39 Å². The van der Waals surface area contributed by atoms with Crippen LogP contribution in [0.2, 0.25) is 0 Å². The minimum Gasteiger partial charge on any atom is -0.490 e. The first kappa shape index (κ1) is 9.46. The summed E-state index contributed by atoms with van der Waals surface area (Å²) in [5.74, 6) is 0.746. The van der Waals surface area contributed by atoms with Gasteiger partial charge in [-0.3, -0.25) is 0 Å². The zero-order chi connectivity index (χ0) is 10.1. The average molecular weight is 195 g/mol. The Balaban J connectivity index is 2.33. The smallest absolute Gasteiger partial charge is 0.126 e. The van der Waals surface area contributed by atoms with Crippen molar-refractivity contribution in [2.24, 2.45) is 5.73 Å². The van der Waals surface area contributed by atoms with Gasteiger partial charge in [0.15, 0.2) is 0 Å². The molecule has 0 saturated heterocycles. The molecule has 3 heteroatoms. The molecule has 2 N–H and O–H groups in total. The topological polar surface area (TPSA) is 35.2 Å². The van der Waals surface area contributed by atoms with E-state index in [-0.39, 0.29) is 11.9 Å². The molecule has 2 atom stereocenters. The Labute approximate surface area is 82.9 Å². The molecule has 1 aromatic rings. The van der Waals surface area contributed by atoms with Crippen molar-refractivity contribution in [1.82, 2.24) is 0 Å². The zero-order valence-electron chi connectivity index (χ0n) is 8.16. The summed E-state index contributed by atoms with van der Waals surface area (Å²) in [6.45, 7) is 2.63. The van der Waals surface area contributed by atoms with Gasteiger partial charge in [0.2, 0.25) is 0 Å². The monoisotopic (exact) mass is 195 g/mol. The molecule has 14 heavy (non-hydrogen) atoms. The minimum atomic E-state index is -0.246. The van der Waals surface area contributed by atoms with Gasteiger partial charge in [0.05, 0.1) is 0 Å². The second-order valence-electron chi connectivity index (χ2n) is 3.69. The van der Waals surface area contributed by atoms with E-state index in [0.29, 0.717) is 18.2 Å². The number of rotatable bonds is 2. The van der Waals surface area contributed by atoms with Crippen LogP contribution in [0, 0.1) is 5.82 Å². The number of fused-ring (bicyclic) bond motifs is 1. The summed E-state index contributed by atoms with van der Waals surface area (Å²) in [7, 11) is 0. The summed E-state index contributed by atoms with van der Waals surface area (Å²) in [5.41, 5.74) is 6.62. The molecule has 76 valence electrons. The predicted molar refractivity (Wildman–Crippen MR) is 52.9 cm³/mol. The third-order valence-corrected chi connectivity index (χ3v) is 2.73. The van der Waals surface area contributed by atoms with Crippen molar-refractivity contribution in [3.05, 3.63) is 29.6 Å². The minimum absolute atomic E-state index is 0.107. The molecule has 2 unspecified atom stereocenters. The van der Waals surface area contributed by atoms with Gasteiger partial charge in [0, 0.05) is 17.5 Å². The highest BCUT2D eigenvalue weighted by atomic mass is 19.1. The Morgan fingerprint density at radius 1 is 1.50 bits per heavy atom. The lowest BCUT2D eigenvalue weighted by Gasteiger charge is -2.12. The fourth-order valence-corrected chi connectivity index (χ4v) is 2.02. The van der Waals surface area contributed by atoms with E-state index in [2.05, 4.69) is 0 Å². The first-order valence-electron chi connectivity index (χ1n) is 4.88. The molecule has 1 heterocycles. The molecule has 1 aromatic carbocycles. The maximum Gasteiger partial charge on any atom is 0.126 e. The van der Waals surface area contributed by atoms with Crippen LogP contribution in [0.3, 0.4) is 0 Å². The van der Waals surface area contributed by atoms with Gasteiger partial charge in [0.25, 0.3) is 0 Å². The number of benzene rings is 1. The van der Waals surface area contributed by atoms with E-state index in [0.717, 1.165) is 12.0 Å². The van der Waals surface area contributed by atoms with Crippen molar-refractivity contribution in [2.75, 3.05) is 6.54 Å². The molecule has 0 saturated carbocycles. The van der Waals surface area contributed by atoms with Crippen molar-refractivity contribution in [3.63, 3.8) is 0 Å². The van der Waals surface area contributed by atoms with Crippen LogP contribution in [0.15, 0.2) is 18.2 Å². The normalized spacial score (nSPS) is 24.5. The molecular formula is C11H14FNO. The van der Waals surface area contributed by atoms with Crippen LogP contribution in [-0.2, 0) is 0 Å². The summed E-state index contributed by atoms with van der Waals surface area (Å²) in [5, 5.41) is 0. The number of halogens is 1. The molecular weight excluding hydrogens is 181 g/mol. The third-order valence-electron chi connectivity index (χ3n) is 2.73. The third kappa shape index (κ3) is 1.48. The summed E-state index contributed by atoms with van der Waals surface area (Å²) in [6.07, 6.45) is 0.995. The molecule has 2 rings (SSSR count). The van der Waals surface area contributed by atoms with Gasteiger partial charge in [0.1, 0.15) is 17.7 Å². The second-order valence-corrected chi connectivity index (χ2v) is 3.69. The first-order valence-corrected chi connectivity index (χ1v) is 4.88. The lowest BCUT2D eigenvalue weighted by molar-refractivity contribution is 0.222. The molecule has 0 bridgehead atoms. The Bertz CT molecular complexity index is 340. The van der Waals surface area contributed by atoms with E-state index < -0.39 is 0 Å². The highest BCUT2D eigenvalue weighted by Gasteiger charge is 2.30. The number of hydrogen-bond acceptors (Lipinski definition) is 2. The van der Waals surface area contributed by atoms with Crippen LogP contribution < -0.4 is 10.5 Å².